The van der Waals surface area contributed by atoms with E-state index >= 15 is 0 Å². The molecule has 1 unspecified atom stereocenters. The molecule has 0 saturated carbocycles. The Bertz CT molecular complexity index is 1580. The van der Waals surface area contributed by atoms with Crippen molar-refractivity contribution in [3.05, 3.63) is 128 Å². The van der Waals surface area contributed by atoms with E-state index < -0.39 is 17.1 Å². The van der Waals surface area contributed by atoms with E-state index in [0.29, 0.717) is 27.0 Å². The SMILES string of the molecule is CC(Sc1ccc(NC(=O)/C(=C/c2cccc(Br)c2)NC(=O)c2ccccc2)cc1)C(=O)Nc1cc(Cl)cc(Cl)c1. The van der Waals surface area contributed by atoms with Gasteiger partial charge in [-0.2, -0.15) is 0 Å². The number of anilines is 2. The molecule has 0 heterocycles. The first-order valence-electron chi connectivity index (χ1n) is 12.3. The molecule has 41 heavy (non-hydrogen) atoms. The molecule has 0 aliphatic heterocycles. The predicted octanol–water partition coefficient (Wildman–Crippen LogP) is 8.28. The van der Waals surface area contributed by atoms with Crippen LogP contribution in [0.4, 0.5) is 11.4 Å². The number of rotatable bonds is 9. The lowest BCUT2D eigenvalue weighted by Crippen LogP contribution is -2.30. The summed E-state index contributed by atoms with van der Waals surface area (Å²) in [6.07, 6.45) is 1.61. The van der Waals surface area contributed by atoms with Gasteiger partial charge in [-0.1, -0.05) is 69.5 Å². The zero-order chi connectivity index (χ0) is 29.4. The first-order valence-corrected chi connectivity index (χ1v) is 14.8. The number of amides is 3. The summed E-state index contributed by atoms with van der Waals surface area (Å²) in [7, 11) is 0. The van der Waals surface area contributed by atoms with Crippen molar-refractivity contribution >= 4 is 86.1 Å². The second kappa shape index (κ2) is 14.4. The lowest BCUT2D eigenvalue weighted by atomic mass is 10.1. The first kappa shape index (κ1) is 30.4. The van der Waals surface area contributed by atoms with Crippen molar-refractivity contribution in [2.24, 2.45) is 0 Å². The third-order valence-corrected chi connectivity index (χ3v) is 7.65. The summed E-state index contributed by atoms with van der Waals surface area (Å²) in [6, 6.07) is 28.0. The van der Waals surface area contributed by atoms with E-state index in [1.54, 1.807) is 79.7 Å². The number of hydrogen-bond donors (Lipinski definition) is 3. The van der Waals surface area contributed by atoms with Crippen molar-refractivity contribution in [2.75, 3.05) is 10.6 Å². The van der Waals surface area contributed by atoms with Crippen LogP contribution in [0, 0.1) is 0 Å². The Hall–Kier alpha value is -3.56. The standard InChI is InChI=1S/C31H24BrCl2N3O3S/c1-19(29(38)36-26-17-23(33)16-24(34)18-26)41-27-12-10-25(11-13-27)35-31(40)28(15-20-6-5-9-22(32)14-20)37-30(39)21-7-3-2-4-8-21/h2-19H,1H3,(H,35,40)(H,36,38)(H,37,39)/b28-15-. The summed E-state index contributed by atoms with van der Waals surface area (Å²) in [5.41, 5.74) is 2.29. The van der Waals surface area contributed by atoms with Crippen molar-refractivity contribution in [3.8, 4) is 0 Å². The van der Waals surface area contributed by atoms with E-state index in [2.05, 4.69) is 31.9 Å². The van der Waals surface area contributed by atoms with Gasteiger partial charge in [-0.15, -0.1) is 11.8 Å². The number of thioether (sulfide) groups is 1. The van der Waals surface area contributed by atoms with Gasteiger partial charge in [0, 0.05) is 36.4 Å². The number of carbonyl (C=O) groups excluding carboxylic acids is 3. The molecule has 3 amide bonds. The molecule has 0 spiro atoms. The summed E-state index contributed by atoms with van der Waals surface area (Å²) in [5, 5.41) is 8.82. The van der Waals surface area contributed by atoms with Crippen molar-refractivity contribution in [1.29, 1.82) is 0 Å². The number of carbonyl (C=O) groups is 3. The second-order valence-electron chi connectivity index (χ2n) is 8.82. The van der Waals surface area contributed by atoms with Gasteiger partial charge < -0.3 is 16.0 Å². The summed E-state index contributed by atoms with van der Waals surface area (Å²) < 4.78 is 0.841. The van der Waals surface area contributed by atoms with E-state index in [1.807, 2.05) is 30.3 Å². The average Bonchev–Trinajstić information content (AvgIpc) is 2.93. The van der Waals surface area contributed by atoms with Crippen molar-refractivity contribution in [2.45, 2.75) is 17.1 Å². The Labute approximate surface area is 260 Å². The van der Waals surface area contributed by atoms with Gasteiger partial charge in [-0.05, 0) is 85.3 Å². The third-order valence-electron chi connectivity index (χ3n) is 5.61. The van der Waals surface area contributed by atoms with Crippen LogP contribution in [0.3, 0.4) is 0 Å². The maximum absolute atomic E-state index is 13.3. The van der Waals surface area contributed by atoms with Gasteiger partial charge in [0.25, 0.3) is 11.8 Å². The molecule has 6 nitrogen and oxygen atoms in total. The number of benzene rings is 4. The predicted molar refractivity (Wildman–Crippen MR) is 172 cm³/mol. The molecule has 0 aliphatic rings. The minimum Gasteiger partial charge on any atom is -0.325 e. The van der Waals surface area contributed by atoms with Gasteiger partial charge in [0.05, 0.1) is 5.25 Å². The van der Waals surface area contributed by atoms with Crippen LogP contribution in [0.15, 0.2) is 112 Å². The highest BCUT2D eigenvalue weighted by molar-refractivity contribution is 9.10. The highest BCUT2D eigenvalue weighted by atomic mass is 79.9. The fourth-order valence-electron chi connectivity index (χ4n) is 3.65. The number of nitrogens with one attached hydrogen (secondary N) is 3. The summed E-state index contributed by atoms with van der Waals surface area (Å²) in [6.45, 7) is 1.79. The molecule has 0 radical (unpaired) electrons. The second-order valence-corrected chi connectivity index (χ2v) is 12.0. The Balaban J connectivity index is 1.43. The third kappa shape index (κ3) is 9.23. The highest BCUT2D eigenvalue weighted by Gasteiger charge is 2.17. The number of hydrogen-bond acceptors (Lipinski definition) is 4. The topological polar surface area (TPSA) is 87.3 Å². The highest BCUT2D eigenvalue weighted by Crippen LogP contribution is 2.27. The molecule has 3 N–H and O–H groups in total. The van der Waals surface area contributed by atoms with Crippen molar-refractivity contribution in [3.63, 3.8) is 0 Å². The quantitative estimate of drug-likeness (QED) is 0.124. The maximum Gasteiger partial charge on any atom is 0.272 e. The molecule has 0 saturated heterocycles. The molecule has 0 aliphatic carbocycles. The van der Waals surface area contributed by atoms with E-state index in [1.165, 1.54) is 11.8 Å². The van der Waals surface area contributed by atoms with Gasteiger partial charge in [0.2, 0.25) is 5.91 Å². The van der Waals surface area contributed by atoms with Gasteiger partial charge >= 0.3 is 0 Å². The smallest absolute Gasteiger partial charge is 0.272 e. The van der Waals surface area contributed by atoms with Gasteiger partial charge in [0.1, 0.15) is 5.70 Å². The molecule has 4 rings (SSSR count). The minimum atomic E-state index is -0.484. The molecule has 0 fully saturated rings. The molecule has 4 aromatic carbocycles. The lowest BCUT2D eigenvalue weighted by molar-refractivity contribution is -0.115. The van der Waals surface area contributed by atoms with Crippen LogP contribution in [0.1, 0.15) is 22.8 Å². The van der Waals surface area contributed by atoms with Crippen LogP contribution in [-0.4, -0.2) is 23.0 Å². The number of halogens is 3. The average molecular weight is 669 g/mol. The van der Waals surface area contributed by atoms with Crippen LogP contribution in [0.5, 0.6) is 0 Å². The Morgan fingerprint density at radius 2 is 1.49 bits per heavy atom. The molecule has 4 aromatic rings. The summed E-state index contributed by atoms with van der Waals surface area (Å²) >= 11 is 16.8. The molecule has 1 atom stereocenters. The van der Waals surface area contributed by atoms with Gasteiger partial charge in [-0.25, -0.2) is 0 Å². The van der Waals surface area contributed by atoms with Crippen LogP contribution in [0.2, 0.25) is 10.0 Å². The van der Waals surface area contributed by atoms with Gasteiger partial charge in [-0.3, -0.25) is 14.4 Å². The van der Waals surface area contributed by atoms with E-state index in [-0.39, 0.29) is 11.6 Å². The van der Waals surface area contributed by atoms with Gasteiger partial charge in [0.15, 0.2) is 0 Å². The molecule has 0 aromatic heterocycles. The molecule has 0 bridgehead atoms. The van der Waals surface area contributed by atoms with Crippen LogP contribution < -0.4 is 16.0 Å². The molecule has 10 heteroatoms. The fraction of sp³-hybridized carbons (Fsp3) is 0.0645. The van der Waals surface area contributed by atoms with Crippen molar-refractivity contribution in [1.82, 2.24) is 5.32 Å². The van der Waals surface area contributed by atoms with E-state index in [4.69, 9.17) is 23.2 Å². The largest absolute Gasteiger partial charge is 0.325 e. The van der Waals surface area contributed by atoms with Crippen LogP contribution in [-0.2, 0) is 9.59 Å². The lowest BCUT2D eigenvalue weighted by Gasteiger charge is -2.14. The first-order chi connectivity index (χ1) is 19.7. The van der Waals surface area contributed by atoms with Crippen molar-refractivity contribution < 1.29 is 14.4 Å². The fourth-order valence-corrected chi connectivity index (χ4v) is 5.46. The minimum absolute atomic E-state index is 0.0850. The van der Waals surface area contributed by atoms with Crippen LogP contribution in [0.25, 0.3) is 6.08 Å². The normalized spacial score (nSPS) is 11.9. The molecule has 208 valence electrons. The zero-order valence-electron chi connectivity index (χ0n) is 21.7. The maximum atomic E-state index is 13.3. The van der Waals surface area contributed by atoms with E-state index in [0.717, 1.165) is 14.9 Å². The Morgan fingerprint density at radius 3 is 2.15 bits per heavy atom. The Kier molecular flexibility index (Phi) is 10.7. The van der Waals surface area contributed by atoms with Crippen LogP contribution >= 0.6 is 50.9 Å². The summed E-state index contributed by atoms with van der Waals surface area (Å²) in [5.74, 6) is -1.09. The zero-order valence-corrected chi connectivity index (χ0v) is 25.6. The summed E-state index contributed by atoms with van der Waals surface area (Å²) in [4.78, 5) is 39.6. The molecular formula is C31H24BrCl2N3O3S. The Morgan fingerprint density at radius 1 is 0.805 bits per heavy atom. The molecular weight excluding hydrogens is 645 g/mol. The van der Waals surface area contributed by atoms with E-state index in [9.17, 15) is 14.4 Å². The monoisotopic (exact) mass is 667 g/mol.